The van der Waals surface area contributed by atoms with Crippen LogP contribution in [0.15, 0.2) is 22.9 Å². The lowest BCUT2D eigenvalue weighted by atomic mass is 10.3. The minimum Gasteiger partial charge on any atom is -0.288 e. The minimum atomic E-state index is 0.171. The van der Waals surface area contributed by atoms with Crippen LogP contribution in [0.2, 0.25) is 0 Å². The molecule has 0 radical (unpaired) electrons. The second-order valence-electron chi connectivity index (χ2n) is 2.26. The van der Waals surface area contributed by atoms with Gasteiger partial charge in [-0.1, -0.05) is 23.9 Å². The number of hydrogen-bond acceptors (Lipinski definition) is 3. The first-order valence-electron chi connectivity index (χ1n) is 3.61. The number of hydrogen-bond donors (Lipinski definition) is 0. The molecule has 0 saturated heterocycles. The van der Waals surface area contributed by atoms with Crippen molar-refractivity contribution in [2.75, 3.05) is 5.75 Å². The minimum absolute atomic E-state index is 0.171. The van der Waals surface area contributed by atoms with Crippen molar-refractivity contribution < 1.29 is 4.79 Å². The van der Waals surface area contributed by atoms with Crippen molar-refractivity contribution in [3.63, 3.8) is 0 Å². The summed E-state index contributed by atoms with van der Waals surface area (Å²) >= 11 is 3.01. The molecule has 1 rings (SSSR count). The van der Waals surface area contributed by atoms with E-state index in [9.17, 15) is 4.79 Å². The van der Waals surface area contributed by atoms with Crippen molar-refractivity contribution >= 4 is 34.3 Å². The molecule has 0 aliphatic rings. The second-order valence-corrected chi connectivity index (χ2v) is 4.24. The molecule has 0 amide bonds. The molecule has 0 fully saturated rings. The fourth-order valence-corrected chi connectivity index (χ4v) is 1.78. The van der Waals surface area contributed by atoms with Crippen molar-refractivity contribution in [1.29, 1.82) is 0 Å². The number of carbonyl (C=O) groups is 1. The monoisotopic (exact) mass is 198 g/mol. The quantitative estimate of drug-likeness (QED) is 0.742. The Morgan fingerprint density at radius 1 is 1.75 bits per heavy atom. The van der Waals surface area contributed by atoms with Gasteiger partial charge in [0.05, 0.1) is 0 Å². The van der Waals surface area contributed by atoms with E-state index in [1.807, 2.05) is 17.5 Å². The molecule has 0 atom stereocenters. The summed E-state index contributed by atoms with van der Waals surface area (Å²) in [6.07, 6.45) is 4.04. The molecule has 0 spiro atoms. The summed E-state index contributed by atoms with van der Waals surface area (Å²) in [6, 6.07) is 2.06. The summed E-state index contributed by atoms with van der Waals surface area (Å²) in [4.78, 5) is 10.5. The van der Waals surface area contributed by atoms with Crippen LogP contribution in [0.1, 0.15) is 12.5 Å². The molecular weight excluding hydrogens is 188 g/mol. The maximum atomic E-state index is 10.5. The van der Waals surface area contributed by atoms with Crippen LogP contribution in [0.25, 0.3) is 6.08 Å². The van der Waals surface area contributed by atoms with Crippen molar-refractivity contribution in [3.05, 3.63) is 28.5 Å². The van der Waals surface area contributed by atoms with E-state index in [0.29, 0.717) is 0 Å². The van der Waals surface area contributed by atoms with Gasteiger partial charge in [-0.15, -0.1) is 0 Å². The van der Waals surface area contributed by atoms with E-state index in [1.165, 1.54) is 17.3 Å². The summed E-state index contributed by atoms with van der Waals surface area (Å²) in [5.41, 5.74) is 1.21. The lowest BCUT2D eigenvalue weighted by Gasteiger charge is -1.87. The Morgan fingerprint density at radius 2 is 2.58 bits per heavy atom. The molecule has 0 unspecified atom stereocenters. The third-order valence-electron chi connectivity index (χ3n) is 1.24. The lowest BCUT2D eigenvalue weighted by molar-refractivity contribution is -0.109. The highest BCUT2D eigenvalue weighted by molar-refractivity contribution is 8.13. The van der Waals surface area contributed by atoms with Crippen molar-refractivity contribution in [2.45, 2.75) is 6.92 Å². The van der Waals surface area contributed by atoms with Gasteiger partial charge in [-0.05, 0) is 22.4 Å². The van der Waals surface area contributed by atoms with E-state index in [2.05, 4.69) is 11.4 Å². The molecular formula is C9H10OS2. The molecule has 1 aromatic rings. The van der Waals surface area contributed by atoms with Gasteiger partial charge in [-0.3, -0.25) is 4.79 Å². The predicted octanol–water partition coefficient (Wildman–Crippen LogP) is 3.04. The molecule has 0 aromatic carbocycles. The van der Waals surface area contributed by atoms with E-state index in [1.54, 1.807) is 18.3 Å². The fourth-order valence-electron chi connectivity index (χ4n) is 0.719. The first-order chi connectivity index (χ1) is 5.79. The van der Waals surface area contributed by atoms with Gasteiger partial charge in [0, 0.05) is 12.7 Å². The molecule has 3 heteroatoms. The van der Waals surface area contributed by atoms with Crippen LogP contribution in [-0.4, -0.2) is 10.9 Å². The highest BCUT2D eigenvalue weighted by atomic mass is 32.2. The van der Waals surface area contributed by atoms with Crippen LogP contribution in [0.5, 0.6) is 0 Å². The zero-order chi connectivity index (χ0) is 8.81. The third-order valence-corrected chi connectivity index (χ3v) is 2.70. The highest BCUT2D eigenvalue weighted by Gasteiger charge is 1.89. The maximum absolute atomic E-state index is 10.5. The average Bonchev–Trinajstić information content (AvgIpc) is 2.49. The maximum Gasteiger partial charge on any atom is 0.186 e. The summed E-state index contributed by atoms with van der Waals surface area (Å²) in [7, 11) is 0. The smallest absolute Gasteiger partial charge is 0.186 e. The van der Waals surface area contributed by atoms with Gasteiger partial charge in [-0.25, -0.2) is 0 Å². The second kappa shape index (κ2) is 5.17. The first-order valence-corrected chi connectivity index (χ1v) is 5.54. The van der Waals surface area contributed by atoms with E-state index >= 15 is 0 Å². The van der Waals surface area contributed by atoms with Crippen LogP contribution in [-0.2, 0) is 4.79 Å². The first kappa shape index (κ1) is 9.55. The Morgan fingerprint density at radius 3 is 3.17 bits per heavy atom. The van der Waals surface area contributed by atoms with Crippen molar-refractivity contribution in [1.82, 2.24) is 0 Å². The van der Waals surface area contributed by atoms with Gasteiger partial charge < -0.3 is 0 Å². The van der Waals surface area contributed by atoms with E-state index < -0.39 is 0 Å². The topological polar surface area (TPSA) is 17.1 Å². The van der Waals surface area contributed by atoms with Crippen LogP contribution in [0, 0.1) is 0 Å². The van der Waals surface area contributed by atoms with Crippen LogP contribution >= 0.6 is 23.1 Å². The normalized spacial score (nSPS) is 10.8. The summed E-state index contributed by atoms with van der Waals surface area (Å²) in [5, 5.41) is 4.29. The van der Waals surface area contributed by atoms with Gasteiger partial charge in [0.25, 0.3) is 0 Å². The van der Waals surface area contributed by atoms with Gasteiger partial charge in [0.15, 0.2) is 5.12 Å². The Kier molecular flexibility index (Phi) is 4.11. The molecule has 0 saturated carbocycles. The Balaban J connectivity index is 2.27. The lowest BCUT2D eigenvalue weighted by Crippen LogP contribution is -1.80. The Hall–Kier alpha value is -0.540. The van der Waals surface area contributed by atoms with E-state index in [4.69, 9.17) is 0 Å². The molecule has 1 nitrogen and oxygen atoms in total. The molecule has 0 N–H and O–H groups in total. The Bertz CT molecular complexity index is 262. The zero-order valence-electron chi connectivity index (χ0n) is 6.82. The molecule has 64 valence electrons. The van der Waals surface area contributed by atoms with E-state index in [0.717, 1.165) is 5.75 Å². The molecule has 12 heavy (non-hydrogen) atoms. The summed E-state index contributed by atoms with van der Waals surface area (Å²) < 4.78 is 0. The molecule has 1 heterocycles. The number of thiophene rings is 1. The highest BCUT2D eigenvalue weighted by Crippen LogP contribution is 2.09. The van der Waals surface area contributed by atoms with Crippen LogP contribution in [0.3, 0.4) is 0 Å². The third kappa shape index (κ3) is 3.74. The van der Waals surface area contributed by atoms with Crippen LogP contribution < -0.4 is 0 Å². The standard InChI is InChI=1S/C9H10OS2/c1-8(10)12-5-2-3-9-4-6-11-7-9/h2-4,6-7H,5H2,1H3/b3-2+. The Labute approximate surface area is 80.5 Å². The molecule has 0 aliphatic carbocycles. The fraction of sp³-hybridized carbons (Fsp3) is 0.222. The number of carbonyl (C=O) groups excluding carboxylic acids is 1. The van der Waals surface area contributed by atoms with E-state index in [-0.39, 0.29) is 5.12 Å². The zero-order valence-corrected chi connectivity index (χ0v) is 8.45. The predicted molar refractivity (Wildman–Crippen MR) is 56.5 cm³/mol. The molecule has 0 bridgehead atoms. The van der Waals surface area contributed by atoms with Crippen molar-refractivity contribution in [2.24, 2.45) is 0 Å². The van der Waals surface area contributed by atoms with Crippen LogP contribution in [0.4, 0.5) is 0 Å². The number of thioether (sulfide) groups is 1. The SMILES string of the molecule is CC(=O)SC/C=C/c1ccsc1. The van der Waals surface area contributed by atoms with Gasteiger partial charge in [0.1, 0.15) is 0 Å². The van der Waals surface area contributed by atoms with Crippen molar-refractivity contribution in [3.8, 4) is 0 Å². The average molecular weight is 198 g/mol. The van der Waals surface area contributed by atoms with Gasteiger partial charge in [-0.2, -0.15) is 11.3 Å². The summed E-state index contributed by atoms with van der Waals surface area (Å²) in [5.74, 6) is 0.769. The number of rotatable bonds is 3. The largest absolute Gasteiger partial charge is 0.288 e. The van der Waals surface area contributed by atoms with Gasteiger partial charge in [0.2, 0.25) is 0 Å². The molecule has 1 aromatic heterocycles. The van der Waals surface area contributed by atoms with Gasteiger partial charge >= 0.3 is 0 Å². The summed E-state index contributed by atoms with van der Waals surface area (Å²) in [6.45, 7) is 1.59. The molecule has 0 aliphatic heterocycles.